The van der Waals surface area contributed by atoms with Crippen LogP contribution in [-0.2, 0) is 21.4 Å². The molecule has 0 radical (unpaired) electrons. The fraction of sp³-hybridized carbons (Fsp3) is 0.250. The number of nitrogens with zero attached hydrogens (tertiary/aromatic N) is 2. The van der Waals surface area contributed by atoms with Crippen LogP contribution in [0.5, 0.6) is 0 Å². The molecule has 0 saturated carbocycles. The van der Waals surface area contributed by atoms with Gasteiger partial charge in [-0.15, -0.1) is 0 Å². The average Bonchev–Trinajstić information content (AvgIpc) is 3.08. The molecule has 8 heteroatoms. The highest BCUT2D eigenvalue weighted by molar-refractivity contribution is 7.90. The molecule has 1 aromatic heterocycles. The largest absolute Gasteiger partial charge is 0.297 e. The number of hydrogen-bond donors (Lipinski definition) is 1. The third-order valence-electron chi connectivity index (χ3n) is 4.95. The first kappa shape index (κ1) is 18.9. The minimum absolute atomic E-state index is 0.0180. The van der Waals surface area contributed by atoms with Gasteiger partial charge in [0, 0.05) is 25.2 Å². The van der Waals surface area contributed by atoms with E-state index in [-0.39, 0.29) is 13.2 Å². The molecule has 1 aliphatic rings. The topological polar surface area (TPSA) is 71.5 Å². The molecule has 0 spiro atoms. The van der Waals surface area contributed by atoms with Crippen LogP contribution in [0.4, 0.5) is 4.39 Å². The third kappa shape index (κ3) is 3.64. The first-order valence-electron chi connectivity index (χ1n) is 8.88. The molecule has 2 atom stereocenters. The molecular weight excluding hydrogens is 381 g/mol. The second kappa shape index (κ2) is 7.56. The molecule has 2 aromatic carbocycles. The number of rotatable bonds is 5. The molecular formula is C20H20FN3O3S. The fourth-order valence-electron chi connectivity index (χ4n) is 3.57. The molecule has 0 amide bonds. The number of aromatic nitrogens is 1. The van der Waals surface area contributed by atoms with E-state index in [9.17, 15) is 12.8 Å². The Labute approximate surface area is 163 Å². The van der Waals surface area contributed by atoms with E-state index in [1.807, 2.05) is 30.3 Å². The number of fused-ring (bicyclic) bond motifs is 1. The summed E-state index contributed by atoms with van der Waals surface area (Å²) < 4.78 is 42.0. The summed E-state index contributed by atoms with van der Waals surface area (Å²) >= 11 is 0. The van der Waals surface area contributed by atoms with Gasteiger partial charge in [0.2, 0.25) is 10.0 Å². The molecule has 1 fully saturated rings. The Hall–Kier alpha value is -2.39. The van der Waals surface area contributed by atoms with E-state index in [0.717, 1.165) is 16.5 Å². The van der Waals surface area contributed by atoms with Crippen LogP contribution in [0.25, 0.3) is 10.9 Å². The van der Waals surface area contributed by atoms with Gasteiger partial charge in [0.25, 0.3) is 0 Å². The lowest BCUT2D eigenvalue weighted by molar-refractivity contribution is -0.110. The molecule has 2 heterocycles. The van der Waals surface area contributed by atoms with Crippen LogP contribution in [-0.4, -0.2) is 37.4 Å². The van der Waals surface area contributed by atoms with Gasteiger partial charge in [-0.1, -0.05) is 30.3 Å². The van der Waals surface area contributed by atoms with Gasteiger partial charge >= 0.3 is 0 Å². The molecule has 1 N–H and O–H groups in total. The molecule has 146 valence electrons. The Morgan fingerprint density at radius 3 is 2.86 bits per heavy atom. The molecule has 3 aromatic rings. The number of para-hydroxylation sites is 1. The fourth-order valence-corrected chi connectivity index (χ4v) is 5.05. The van der Waals surface area contributed by atoms with E-state index in [0.29, 0.717) is 5.56 Å². The van der Waals surface area contributed by atoms with Gasteiger partial charge < -0.3 is 0 Å². The standard InChI is InChI=1S/C20H20FN3O3S/c1-24-20(17-9-10-22-18-8-3-2-7-16(17)18)19(13-27-24)28(25,26)23-12-14-5-4-6-15(21)11-14/h2-11,19-20,23H,12-13H2,1H3. The lowest BCUT2D eigenvalue weighted by atomic mass is 10.00. The van der Waals surface area contributed by atoms with Crippen molar-refractivity contribution in [3.05, 3.63) is 77.7 Å². The lowest BCUT2D eigenvalue weighted by Crippen LogP contribution is -2.39. The van der Waals surface area contributed by atoms with Gasteiger partial charge in [0.1, 0.15) is 11.1 Å². The number of hydroxylamine groups is 2. The molecule has 4 rings (SSSR count). The first-order chi connectivity index (χ1) is 13.5. The summed E-state index contributed by atoms with van der Waals surface area (Å²) in [5, 5.41) is 1.66. The summed E-state index contributed by atoms with van der Waals surface area (Å²) in [4.78, 5) is 9.92. The number of halogens is 1. The maximum absolute atomic E-state index is 13.4. The Bertz CT molecular complexity index is 1100. The molecule has 2 unspecified atom stereocenters. The molecule has 1 aliphatic heterocycles. The van der Waals surface area contributed by atoms with Gasteiger partial charge in [-0.25, -0.2) is 17.5 Å². The van der Waals surface area contributed by atoms with E-state index >= 15 is 0 Å². The molecule has 1 saturated heterocycles. The lowest BCUT2D eigenvalue weighted by Gasteiger charge is -2.24. The van der Waals surface area contributed by atoms with E-state index < -0.39 is 27.1 Å². The summed E-state index contributed by atoms with van der Waals surface area (Å²) in [5.41, 5.74) is 2.19. The van der Waals surface area contributed by atoms with Crippen LogP contribution in [0.3, 0.4) is 0 Å². The van der Waals surface area contributed by atoms with Crippen molar-refractivity contribution >= 4 is 20.9 Å². The summed E-state index contributed by atoms with van der Waals surface area (Å²) in [5.74, 6) is -0.401. The predicted octanol–water partition coefficient (Wildman–Crippen LogP) is 2.78. The van der Waals surface area contributed by atoms with Crippen molar-refractivity contribution in [3.63, 3.8) is 0 Å². The minimum atomic E-state index is -3.73. The number of hydrogen-bond acceptors (Lipinski definition) is 5. The van der Waals surface area contributed by atoms with Crippen molar-refractivity contribution in [1.82, 2.24) is 14.8 Å². The molecule has 0 aliphatic carbocycles. The second-order valence-electron chi connectivity index (χ2n) is 6.74. The Morgan fingerprint density at radius 2 is 2.04 bits per heavy atom. The molecule has 0 bridgehead atoms. The third-order valence-corrected chi connectivity index (χ3v) is 6.69. The normalized spacial score (nSPS) is 20.6. The van der Waals surface area contributed by atoms with Crippen molar-refractivity contribution < 1.29 is 17.6 Å². The smallest absolute Gasteiger partial charge is 0.219 e. The van der Waals surface area contributed by atoms with Crippen molar-refractivity contribution in [2.75, 3.05) is 13.7 Å². The van der Waals surface area contributed by atoms with Crippen LogP contribution in [0.1, 0.15) is 17.2 Å². The van der Waals surface area contributed by atoms with Crippen molar-refractivity contribution in [3.8, 4) is 0 Å². The zero-order chi connectivity index (χ0) is 19.7. The van der Waals surface area contributed by atoms with Gasteiger partial charge in [-0.3, -0.25) is 9.82 Å². The maximum atomic E-state index is 13.4. The Balaban J connectivity index is 1.64. The zero-order valence-electron chi connectivity index (χ0n) is 15.2. The van der Waals surface area contributed by atoms with Crippen molar-refractivity contribution in [1.29, 1.82) is 0 Å². The highest BCUT2D eigenvalue weighted by Gasteiger charge is 2.43. The highest BCUT2D eigenvalue weighted by Crippen LogP contribution is 2.36. The van der Waals surface area contributed by atoms with Gasteiger partial charge in [0.05, 0.1) is 18.2 Å². The Kier molecular flexibility index (Phi) is 5.11. The van der Waals surface area contributed by atoms with Crippen LogP contribution in [0, 0.1) is 5.82 Å². The summed E-state index contributed by atoms with van der Waals surface area (Å²) in [7, 11) is -2.01. The van der Waals surface area contributed by atoms with Gasteiger partial charge in [-0.2, -0.15) is 5.06 Å². The van der Waals surface area contributed by atoms with Crippen LogP contribution >= 0.6 is 0 Å². The van der Waals surface area contributed by atoms with Gasteiger partial charge in [-0.05, 0) is 35.4 Å². The maximum Gasteiger partial charge on any atom is 0.219 e. The quantitative estimate of drug-likeness (QED) is 0.712. The van der Waals surface area contributed by atoms with Crippen molar-refractivity contribution in [2.45, 2.75) is 17.8 Å². The monoisotopic (exact) mass is 401 g/mol. The first-order valence-corrected chi connectivity index (χ1v) is 10.4. The van der Waals surface area contributed by atoms with Crippen molar-refractivity contribution in [2.24, 2.45) is 0 Å². The number of sulfonamides is 1. The second-order valence-corrected chi connectivity index (χ2v) is 8.72. The molecule has 6 nitrogen and oxygen atoms in total. The molecule has 28 heavy (non-hydrogen) atoms. The van der Waals surface area contributed by atoms with Crippen LogP contribution in [0.15, 0.2) is 60.8 Å². The zero-order valence-corrected chi connectivity index (χ0v) is 16.1. The summed E-state index contributed by atoms with van der Waals surface area (Å²) in [6.07, 6.45) is 1.67. The van der Waals surface area contributed by atoms with E-state index in [4.69, 9.17) is 4.84 Å². The number of nitrogens with one attached hydrogen (secondary N) is 1. The number of benzene rings is 2. The van der Waals surface area contributed by atoms with E-state index in [1.54, 1.807) is 30.4 Å². The van der Waals surface area contributed by atoms with Crippen LogP contribution in [0.2, 0.25) is 0 Å². The predicted molar refractivity (Wildman–Crippen MR) is 104 cm³/mol. The minimum Gasteiger partial charge on any atom is -0.297 e. The summed E-state index contributed by atoms with van der Waals surface area (Å²) in [6, 6.07) is 14.8. The van der Waals surface area contributed by atoms with E-state index in [2.05, 4.69) is 9.71 Å². The van der Waals surface area contributed by atoms with Gasteiger partial charge in [0.15, 0.2) is 0 Å². The summed E-state index contributed by atoms with van der Waals surface area (Å²) in [6.45, 7) is 0.0560. The SMILES string of the molecule is CN1OCC(S(=O)(=O)NCc2cccc(F)c2)C1c1ccnc2ccccc12. The van der Waals surface area contributed by atoms with Crippen LogP contribution < -0.4 is 4.72 Å². The highest BCUT2D eigenvalue weighted by atomic mass is 32.2. The van der Waals surface area contributed by atoms with E-state index in [1.165, 1.54) is 12.1 Å². The average molecular weight is 401 g/mol. The Morgan fingerprint density at radius 1 is 1.21 bits per heavy atom. The number of pyridine rings is 1.